The summed E-state index contributed by atoms with van der Waals surface area (Å²) < 4.78 is 30.6. The third-order valence-corrected chi connectivity index (χ3v) is 2.50. The number of aromatic nitrogens is 2. The van der Waals surface area contributed by atoms with Crippen molar-refractivity contribution in [2.24, 2.45) is 0 Å². The standard InChI is InChI=1S/C12H13F2N3O2/c1-7-3-10(8(2)19-7)12(18)16-9-4-15-17(5-9)6-11(13)14/h3-5,11H,6H2,1-2H3,(H,16,18). The number of nitrogens with zero attached hydrogens (tertiary/aromatic N) is 2. The quantitative estimate of drug-likeness (QED) is 0.928. The summed E-state index contributed by atoms with van der Waals surface area (Å²) >= 11 is 0. The number of carbonyl (C=O) groups is 1. The van der Waals surface area contributed by atoms with Crippen molar-refractivity contribution < 1.29 is 18.0 Å². The van der Waals surface area contributed by atoms with Crippen molar-refractivity contribution >= 4 is 11.6 Å². The zero-order valence-electron chi connectivity index (χ0n) is 10.5. The predicted octanol–water partition coefficient (Wildman–Crippen LogP) is 2.61. The van der Waals surface area contributed by atoms with Crippen LogP contribution in [0.1, 0.15) is 21.9 Å². The molecule has 2 aromatic rings. The van der Waals surface area contributed by atoms with Gasteiger partial charge in [0.05, 0.1) is 17.4 Å². The minimum absolute atomic E-state index is 0.356. The molecule has 0 aromatic carbocycles. The van der Waals surface area contributed by atoms with Crippen LogP contribution < -0.4 is 5.32 Å². The van der Waals surface area contributed by atoms with E-state index in [1.54, 1.807) is 19.9 Å². The first-order valence-corrected chi connectivity index (χ1v) is 5.64. The molecule has 5 nitrogen and oxygen atoms in total. The number of furan rings is 1. The summed E-state index contributed by atoms with van der Waals surface area (Å²) in [5.74, 6) is 0.789. The smallest absolute Gasteiger partial charge is 0.259 e. The van der Waals surface area contributed by atoms with Crippen LogP contribution in [0.25, 0.3) is 0 Å². The summed E-state index contributed by atoms with van der Waals surface area (Å²) in [6, 6.07) is 1.62. The molecular weight excluding hydrogens is 256 g/mol. The summed E-state index contributed by atoms with van der Waals surface area (Å²) in [6.07, 6.45) is 0.191. The maximum atomic E-state index is 12.2. The third kappa shape index (κ3) is 3.18. The predicted molar refractivity (Wildman–Crippen MR) is 64.4 cm³/mol. The molecule has 0 saturated carbocycles. The fourth-order valence-electron chi connectivity index (χ4n) is 1.72. The van der Waals surface area contributed by atoms with Crippen LogP contribution in [0.2, 0.25) is 0 Å². The van der Waals surface area contributed by atoms with Crippen molar-refractivity contribution in [2.45, 2.75) is 26.8 Å². The molecule has 2 aromatic heterocycles. The van der Waals surface area contributed by atoms with Gasteiger partial charge in [0.2, 0.25) is 0 Å². The number of carbonyl (C=O) groups excluding carboxylic acids is 1. The fourth-order valence-corrected chi connectivity index (χ4v) is 1.72. The highest BCUT2D eigenvalue weighted by Crippen LogP contribution is 2.16. The first kappa shape index (κ1) is 13.3. The summed E-state index contributed by atoms with van der Waals surface area (Å²) in [6.45, 7) is 2.92. The Labute approximate surface area is 108 Å². The molecule has 2 rings (SSSR count). The number of hydrogen-bond donors (Lipinski definition) is 1. The van der Waals surface area contributed by atoms with Crippen LogP contribution in [0.4, 0.5) is 14.5 Å². The normalized spacial score (nSPS) is 11.0. The van der Waals surface area contributed by atoms with Crippen molar-refractivity contribution in [1.82, 2.24) is 9.78 Å². The summed E-state index contributed by atoms with van der Waals surface area (Å²) in [4.78, 5) is 11.9. The van der Waals surface area contributed by atoms with E-state index in [4.69, 9.17) is 4.42 Å². The van der Waals surface area contributed by atoms with E-state index in [-0.39, 0.29) is 5.91 Å². The second kappa shape index (κ2) is 5.21. The molecule has 1 N–H and O–H groups in total. The van der Waals surface area contributed by atoms with Crippen LogP contribution in [0.15, 0.2) is 22.9 Å². The Kier molecular flexibility index (Phi) is 3.64. The van der Waals surface area contributed by atoms with E-state index in [0.29, 0.717) is 22.8 Å². The van der Waals surface area contributed by atoms with Gasteiger partial charge in [0, 0.05) is 6.20 Å². The van der Waals surface area contributed by atoms with E-state index in [9.17, 15) is 13.6 Å². The molecule has 0 aliphatic heterocycles. The Morgan fingerprint density at radius 2 is 2.26 bits per heavy atom. The van der Waals surface area contributed by atoms with Gasteiger partial charge < -0.3 is 9.73 Å². The highest BCUT2D eigenvalue weighted by atomic mass is 19.3. The van der Waals surface area contributed by atoms with Crippen molar-refractivity contribution in [3.63, 3.8) is 0 Å². The zero-order valence-corrected chi connectivity index (χ0v) is 10.5. The molecule has 0 saturated heterocycles. The summed E-state index contributed by atoms with van der Waals surface area (Å²) in [5, 5.41) is 6.31. The van der Waals surface area contributed by atoms with Crippen LogP contribution in [-0.4, -0.2) is 22.1 Å². The van der Waals surface area contributed by atoms with Crippen LogP contribution in [0, 0.1) is 13.8 Å². The molecule has 0 aliphatic rings. The van der Waals surface area contributed by atoms with Gasteiger partial charge in [-0.1, -0.05) is 0 Å². The Morgan fingerprint density at radius 1 is 1.53 bits per heavy atom. The first-order chi connectivity index (χ1) is 8.95. The molecule has 0 bridgehead atoms. The minimum atomic E-state index is -2.48. The second-order valence-electron chi connectivity index (χ2n) is 4.12. The average molecular weight is 269 g/mol. The van der Waals surface area contributed by atoms with Gasteiger partial charge in [-0.15, -0.1) is 0 Å². The van der Waals surface area contributed by atoms with Crippen molar-refractivity contribution in [3.8, 4) is 0 Å². The van der Waals surface area contributed by atoms with Gasteiger partial charge in [-0.3, -0.25) is 9.48 Å². The van der Waals surface area contributed by atoms with Gasteiger partial charge in [-0.05, 0) is 19.9 Å². The Balaban J connectivity index is 2.07. The van der Waals surface area contributed by atoms with Crippen molar-refractivity contribution in [3.05, 3.63) is 35.5 Å². The van der Waals surface area contributed by atoms with Crippen LogP contribution in [-0.2, 0) is 6.54 Å². The molecular formula is C12H13F2N3O2. The van der Waals surface area contributed by atoms with Gasteiger partial charge in [0.15, 0.2) is 0 Å². The van der Waals surface area contributed by atoms with Gasteiger partial charge >= 0.3 is 0 Å². The number of halogens is 2. The van der Waals surface area contributed by atoms with E-state index < -0.39 is 13.0 Å². The number of amides is 1. The third-order valence-electron chi connectivity index (χ3n) is 2.50. The van der Waals surface area contributed by atoms with E-state index in [1.165, 1.54) is 12.4 Å². The van der Waals surface area contributed by atoms with Crippen LogP contribution in [0.5, 0.6) is 0 Å². The second-order valence-corrected chi connectivity index (χ2v) is 4.12. The van der Waals surface area contributed by atoms with E-state index in [0.717, 1.165) is 4.68 Å². The Hall–Kier alpha value is -2.18. The summed E-state index contributed by atoms with van der Waals surface area (Å²) in [5.41, 5.74) is 0.781. The topological polar surface area (TPSA) is 60.1 Å². The Bertz CT molecular complexity index is 590. The number of alkyl halides is 2. The van der Waals surface area contributed by atoms with Gasteiger partial charge in [-0.25, -0.2) is 8.78 Å². The largest absolute Gasteiger partial charge is 0.466 e. The van der Waals surface area contributed by atoms with E-state index in [1.807, 2.05) is 0 Å². The highest BCUT2D eigenvalue weighted by molar-refractivity contribution is 6.04. The lowest BCUT2D eigenvalue weighted by molar-refractivity contribution is 0.102. The SMILES string of the molecule is Cc1cc(C(=O)Nc2cnn(CC(F)F)c2)c(C)o1. The number of nitrogens with one attached hydrogen (secondary N) is 1. The van der Waals surface area contributed by atoms with Crippen molar-refractivity contribution in [2.75, 3.05) is 5.32 Å². The first-order valence-electron chi connectivity index (χ1n) is 5.64. The maximum absolute atomic E-state index is 12.2. The lowest BCUT2D eigenvalue weighted by Gasteiger charge is -2.01. The Morgan fingerprint density at radius 3 is 2.84 bits per heavy atom. The number of hydrogen-bond acceptors (Lipinski definition) is 3. The highest BCUT2D eigenvalue weighted by Gasteiger charge is 2.14. The number of anilines is 1. The number of rotatable bonds is 4. The van der Waals surface area contributed by atoms with E-state index >= 15 is 0 Å². The minimum Gasteiger partial charge on any atom is -0.466 e. The monoisotopic (exact) mass is 269 g/mol. The fraction of sp³-hybridized carbons (Fsp3) is 0.333. The molecule has 2 heterocycles. The lowest BCUT2D eigenvalue weighted by atomic mass is 10.2. The van der Waals surface area contributed by atoms with E-state index in [2.05, 4.69) is 10.4 Å². The van der Waals surface area contributed by atoms with Crippen LogP contribution >= 0.6 is 0 Å². The molecule has 0 fully saturated rings. The lowest BCUT2D eigenvalue weighted by Crippen LogP contribution is -2.12. The van der Waals surface area contributed by atoms with Crippen LogP contribution in [0.3, 0.4) is 0 Å². The summed E-state index contributed by atoms with van der Waals surface area (Å²) in [7, 11) is 0. The molecule has 0 aliphatic carbocycles. The number of aryl methyl sites for hydroxylation is 2. The molecule has 7 heteroatoms. The maximum Gasteiger partial charge on any atom is 0.259 e. The molecule has 102 valence electrons. The average Bonchev–Trinajstić information content (AvgIpc) is 2.84. The molecule has 1 amide bonds. The van der Waals surface area contributed by atoms with Gasteiger partial charge in [-0.2, -0.15) is 5.10 Å². The van der Waals surface area contributed by atoms with Gasteiger partial charge in [0.1, 0.15) is 18.1 Å². The molecule has 0 unspecified atom stereocenters. The molecule has 19 heavy (non-hydrogen) atoms. The molecule has 0 atom stereocenters. The van der Waals surface area contributed by atoms with Gasteiger partial charge in [0.25, 0.3) is 12.3 Å². The molecule has 0 spiro atoms. The molecule has 0 radical (unpaired) electrons. The van der Waals surface area contributed by atoms with Crippen molar-refractivity contribution in [1.29, 1.82) is 0 Å². The zero-order chi connectivity index (χ0) is 14.0.